The molecule has 1 N–H and O–H groups in total. The van der Waals surface area contributed by atoms with Gasteiger partial charge in [0.2, 0.25) is 5.76 Å². The Kier molecular flexibility index (Phi) is 7.28. The Hall–Kier alpha value is -4.07. The zero-order valence-electron chi connectivity index (χ0n) is 18.3. The summed E-state index contributed by atoms with van der Waals surface area (Å²) in [6.07, 6.45) is 2.83. The Labute approximate surface area is 185 Å². The average Bonchev–Trinajstić information content (AvgIpc) is 3.32. The summed E-state index contributed by atoms with van der Waals surface area (Å²) in [4.78, 5) is 24.1. The Morgan fingerprint density at radius 3 is 2.56 bits per heavy atom. The molecule has 0 saturated carbocycles. The molecule has 3 rings (SSSR count). The molecule has 8 nitrogen and oxygen atoms in total. The smallest absolute Gasteiger partial charge is 0.379 e. The van der Waals surface area contributed by atoms with Crippen LogP contribution in [0.5, 0.6) is 17.2 Å². The van der Waals surface area contributed by atoms with Gasteiger partial charge in [-0.1, -0.05) is 12.1 Å². The number of carbonyl (C=O) groups is 2. The van der Waals surface area contributed by atoms with Crippen LogP contribution < -0.4 is 19.6 Å². The molecule has 8 heteroatoms. The summed E-state index contributed by atoms with van der Waals surface area (Å²) in [5, 5.41) is 3.94. The van der Waals surface area contributed by atoms with Gasteiger partial charge in [0.15, 0.2) is 18.1 Å². The SMILES string of the molecule is COc1cc(C=NNC(=O)COc2c(C)ccc(C)c2C)ccc1OC(=O)c1ccco1. The number of nitrogens with zero attached hydrogens (tertiary/aromatic N) is 1. The maximum Gasteiger partial charge on any atom is 0.379 e. The highest BCUT2D eigenvalue weighted by atomic mass is 16.6. The first kappa shape index (κ1) is 22.6. The maximum atomic E-state index is 12.1. The molecule has 0 fully saturated rings. The number of hydrogen-bond acceptors (Lipinski definition) is 7. The number of benzene rings is 2. The number of ether oxygens (including phenoxy) is 3. The Bertz CT molecular complexity index is 1140. The minimum atomic E-state index is -0.638. The largest absolute Gasteiger partial charge is 0.493 e. The molecule has 0 radical (unpaired) electrons. The second-order valence-electron chi connectivity index (χ2n) is 7.01. The normalized spacial score (nSPS) is 10.8. The van der Waals surface area contributed by atoms with Gasteiger partial charge < -0.3 is 18.6 Å². The van der Waals surface area contributed by atoms with Gasteiger partial charge in [0.05, 0.1) is 19.6 Å². The zero-order valence-corrected chi connectivity index (χ0v) is 18.3. The minimum Gasteiger partial charge on any atom is -0.493 e. The lowest BCUT2D eigenvalue weighted by atomic mass is 10.1. The number of esters is 1. The summed E-state index contributed by atoms with van der Waals surface area (Å²) in [5.41, 5.74) is 6.11. The monoisotopic (exact) mass is 436 g/mol. The van der Waals surface area contributed by atoms with Crippen LogP contribution in [0, 0.1) is 20.8 Å². The molecule has 0 spiro atoms. The van der Waals surface area contributed by atoms with Crippen LogP contribution in [0.25, 0.3) is 0 Å². The van der Waals surface area contributed by atoms with Crippen LogP contribution >= 0.6 is 0 Å². The van der Waals surface area contributed by atoms with Crippen LogP contribution in [0.4, 0.5) is 0 Å². The van der Waals surface area contributed by atoms with Crippen LogP contribution in [-0.2, 0) is 4.79 Å². The number of carbonyl (C=O) groups excluding carboxylic acids is 2. The van der Waals surface area contributed by atoms with Crippen molar-refractivity contribution in [3.8, 4) is 17.2 Å². The van der Waals surface area contributed by atoms with E-state index in [2.05, 4.69) is 10.5 Å². The van der Waals surface area contributed by atoms with Crippen LogP contribution in [0.2, 0.25) is 0 Å². The fraction of sp³-hybridized carbons (Fsp3) is 0.208. The molecule has 166 valence electrons. The van der Waals surface area contributed by atoms with E-state index in [-0.39, 0.29) is 18.1 Å². The second kappa shape index (κ2) is 10.3. The Morgan fingerprint density at radius 2 is 1.84 bits per heavy atom. The van der Waals surface area contributed by atoms with E-state index in [1.54, 1.807) is 24.3 Å². The topological polar surface area (TPSA) is 99.4 Å². The van der Waals surface area contributed by atoms with Crippen molar-refractivity contribution in [3.05, 3.63) is 76.7 Å². The number of rotatable bonds is 8. The summed E-state index contributed by atoms with van der Waals surface area (Å²) >= 11 is 0. The predicted molar refractivity (Wildman–Crippen MR) is 119 cm³/mol. The number of hydrazone groups is 1. The highest BCUT2D eigenvalue weighted by Crippen LogP contribution is 2.28. The van der Waals surface area contributed by atoms with Gasteiger partial charge >= 0.3 is 5.97 Å². The van der Waals surface area contributed by atoms with Gasteiger partial charge in [-0.05, 0) is 73.4 Å². The molecule has 0 aliphatic rings. The van der Waals surface area contributed by atoms with Crippen LogP contribution in [0.1, 0.15) is 32.8 Å². The molecule has 0 atom stereocenters. The molecule has 0 bridgehead atoms. The molecular weight excluding hydrogens is 412 g/mol. The standard InChI is InChI=1S/C24H24N2O6/c1-15-7-8-16(2)23(17(15)3)31-14-22(27)26-25-13-18-9-10-19(21(12-18)29-4)32-24(28)20-6-5-11-30-20/h5-13H,14H2,1-4H3,(H,26,27). The first-order valence-corrected chi connectivity index (χ1v) is 9.84. The Morgan fingerprint density at radius 1 is 1.06 bits per heavy atom. The van der Waals surface area contributed by atoms with Gasteiger partial charge in [0.1, 0.15) is 5.75 Å². The van der Waals surface area contributed by atoms with Crippen molar-refractivity contribution >= 4 is 18.1 Å². The highest BCUT2D eigenvalue weighted by Gasteiger charge is 2.15. The summed E-state index contributed by atoms with van der Waals surface area (Å²) in [5.74, 6) is 0.312. The van der Waals surface area contributed by atoms with Crippen molar-refractivity contribution in [1.82, 2.24) is 5.43 Å². The first-order chi connectivity index (χ1) is 15.4. The summed E-state index contributed by atoms with van der Waals surface area (Å²) in [6, 6.07) is 11.9. The third-order valence-electron chi connectivity index (χ3n) is 4.74. The molecule has 32 heavy (non-hydrogen) atoms. The van der Waals surface area contributed by atoms with Gasteiger partial charge in [0.25, 0.3) is 5.91 Å². The lowest BCUT2D eigenvalue weighted by Crippen LogP contribution is -2.25. The van der Waals surface area contributed by atoms with Crippen molar-refractivity contribution in [2.45, 2.75) is 20.8 Å². The minimum absolute atomic E-state index is 0.0821. The molecule has 1 amide bonds. The molecule has 1 heterocycles. The van der Waals surface area contributed by atoms with Crippen molar-refractivity contribution in [2.24, 2.45) is 5.10 Å². The van der Waals surface area contributed by atoms with Gasteiger partial charge in [-0.2, -0.15) is 5.10 Å². The van der Waals surface area contributed by atoms with E-state index in [1.807, 2.05) is 32.9 Å². The van der Waals surface area contributed by atoms with Crippen molar-refractivity contribution in [2.75, 3.05) is 13.7 Å². The highest BCUT2D eigenvalue weighted by molar-refractivity contribution is 5.89. The molecule has 3 aromatic rings. The molecule has 1 aromatic heterocycles. The fourth-order valence-electron chi connectivity index (χ4n) is 2.89. The van der Waals surface area contributed by atoms with Gasteiger partial charge in [-0.3, -0.25) is 4.79 Å². The molecule has 0 unspecified atom stereocenters. The van der Waals surface area contributed by atoms with E-state index < -0.39 is 11.9 Å². The van der Waals surface area contributed by atoms with Gasteiger partial charge in [-0.15, -0.1) is 0 Å². The Balaban J connectivity index is 1.57. The number of furan rings is 1. The number of aryl methyl sites for hydroxylation is 2. The van der Waals surface area contributed by atoms with E-state index in [0.29, 0.717) is 17.1 Å². The summed E-state index contributed by atoms with van der Waals surface area (Å²) in [6.45, 7) is 5.72. The van der Waals surface area contributed by atoms with Crippen LogP contribution in [-0.4, -0.2) is 31.8 Å². The molecule has 0 aliphatic heterocycles. The van der Waals surface area contributed by atoms with E-state index in [1.165, 1.54) is 25.7 Å². The first-order valence-electron chi connectivity index (χ1n) is 9.84. The van der Waals surface area contributed by atoms with E-state index in [0.717, 1.165) is 16.7 Å². The lowest BCUT2D eigenvalue weighted by molar-refractivity contribution is -0.123. The van der Waals surface area contributed by atoms with Crippen LogP contribution in [0.15, 0.2) is 58.2 Å². The zero-order chi connectivity index (χ0) is 23.1. The number of methoxy groups -OCH3 is 1. The van der Waals surface area contributed by atoms with Crippen molar-refractivity contribution < 1.29 is 28.2 Å². The van der Waals surface area contributed by atoms with E-state index >= 15 is 0 Å². The van der Waals surface area contributed by atoms with E-state index in [9.17, 15) is 9.59 Å². The predicted octanol–water partition coefficient (Wildman–Crippen LogP) is 3.96. The van der Waals surface area contributed by atoms with Crippen molar-refractivity contribution in [1.29, 1.82) is 0 Å². The molecule has 2 aromatic carbocycles. The number of hydrogen-bond donors (Lipinski definition) is 1. The molecule has 0 aliphatic carbocycles. The fourth-order valence-corrected chi connectivity index (χ4v) is 2.89. The van der Waals surface area contributed by atoms with Gasteiger partial charge in [0, 0.05) is 0 Å². The lowest BCUT2D eigenvalue weighted by Gasteiger charge is -2.13. The third kappa shape index (κ3) is 5.54. The third-order valence-corrected chi connectivity index (χ3v) is 4.74. The van der Waals surface area contributed by atoms with Gasteiger partial charge in [-0.25, -0.2) is 10.2 Å². The second-order valence-corrected chi connectivity index (χ2v) is 7.01. The van der Waals surface area contributed by atoms with Crippen LogP contribution in [0.3, 0.4) is 0 Å². The number of amides is 1. The van der Waals surface area contributed by atoms with Crippen molar-refractivity contribution in [3.63, 3.8) is 0 Å². The number of nitrogens with one attached hydrogen (secondary N) is 1. The van der Waals surface area contributed by atoms with E-state index in [4.69, 9.17) is 18.6 Å². The molecule has 0 saturated heterocycles. The average molecular weight is 436 g/mol. The summed E-state index contributed by atoms with van der Waals surface area (Å²) < 4.78 is 21.3. The summed E-state index contributed by atoms with van der Waals surface area (Å²) in [7, 11) is 1.45. The quantitative estimate of drug-likeness (QED) is 0.248. The molecular formula is C24H24N2O6. The maximum absolute atomic E-state index is 12.1.